The molecule has 0 N–H and O–H groups in total. The zero-order valence-electron chi connectivity index (χ0n) is 5.64. The number of carbonyl (C=O) groups is 1. The van der Waals surface area contributed by atoms with Gasteiger partial charge in [0.1, 0.15) is 0 Å². The third-order valence-corrected chi connectivity index (χ3v) is 1.93. The molecule has 0 spiro atoms. The summed E-state index contributed by atoms with van der Waals surface area (Å²) in [4.78, 5) is 10.5. The molecule has 1 saturated heterocycles. The van der Waals surface area contributed by atoms with E-state index in [1.54, 1.807) is 23.3 Å². The molecule has 0 aromatic heterocycles. The van der Waals surface area contributed by atoms with Gasteiger partial charge in [0.25, 0.3) is 0 Å². The summed E-state index contributed by atoms with van der Waals surface area (Å²) in [7, 11) is 1.81. The van der Waals surface area contributed by atoms with Crippen molar-refractivity contribution in [3.63, 3.8) is 0 Å². The summed E-state index contributed by atoms with van der Waals surface area (Å²) in [5.74, 6) is 1.22. The van der Waals surface area contributed by atoms with Crippen LogP contribution in [0.2, 0.25) is 0 Å². The number of hydrogen-bond acceptors (Lipinski definition) is 2. The van der Waals surface area contributed by atoms with E-state index in [9.17, 15) is 4.79 Å². The molecule has 1 aliphatic heterocycles. The van der Waals surface area contributed by atoms with E-state index in [-0.39, 0.29) is 68.5 Å². The molecule has 1 heterocycles. The Kier molecular flexibility index (Phi) is 15.5. The predicted molar refractivity (Wildman–Crippen MR) is 35.6 cm³/mol. The van der Waals surface area contributed by atoms with Gasteiger partial charge in [0.15, 0.2) is 0 Å². The number of hydrogen-bond donors (Lipinski definition) is 0. The monoisotopic (exact) mass is 227 g/mol. The van der Waals surface area contributed by atoms with Crippen LogP contribution in [0.3, 0.4) is 0 Å². The molecule has 0 aromatic carbocycles. The smallest absolute Gasteiger partial charge is 1.00 e. The SMILES string of the molecule is CN1SCCC1=O.[Ca+2].[Cl-].[Cl-]. The third kappa shape index (κ3) is 5.33. The van der Waals surface area contributed by atoms with Crippen LogP contribution in [-0.4, -0.2) is 60.8 Å². The van der Waals surface area contributed by atoms with Crippen LogP contribution in [0.4, 0.5) is 0 Å². The summed E-state index contributed by atoms with van der Waals surface area (Å²) in [5.41, 5.74) is 0. The molecule has 6 heteroatoms. The zero-order chi connectivity index (χ0) is 5.28. The van der Waals surface area contributed by atoms with Crippen molar-refractivity contribution in [1.29, 1.82) is 0 Å². The molecular weight excluding hydrogens is 221 g/mol. The average molecular weight is 228 g/mol. The number of halogens is 2. The molecule has 0 aliphatic carbocycles. The maximum absolute atomic E-state index is 10.5. The fraction of sp³-hybridized carbons (Fsp3) is 0.750. The first-order chi connectivity index (χ1) is 3.30. The summed E-state index contributed by atoms with van der Waals surface area (Å²) >= 11 is 1.59. The molecule has 10 heavy (non-hydrogen) atoms. The van der Waals surface area contributed by atoms with Gasteiger partial charge in [-0.3, -0.25) is 9.10 Å². The van der Waals surface area contributed by atoms with Gasteiger partial charge in [-0.25, -0.2) is 0 Å². The van der Waals surface area contributed by atoms with Crippen molar-refractivity contribution in [1.82, 2.24) is 4.31 Å². The number of nitrogens with zero attached hydrogens (tertiary/aromatic N) is 1. The molecule has 0 bridgehead atoms. The van der Waals surface area contributed by atoms with Gasteiger partial charge in [-0.2, -0.15) is 0 Å². The second-order valence-electron chi connectivity index (χ2n) is 1.47. The molecule has 0 atom stereocenters. The van der Waals surface area contributed by atoms with Gasteiger partial charge in [0.2, 0.25) is 5.91 Å². The quantitative estimate of drug-likeness (QED) is 0.304. The Labute approximate surface area is 107 Å². The fourth-order valence-corrected chi connectivity index (χ4v) is 1.27. The Hall–Kier alpha value is 1.66. The van der Waals surface area contributed by atoms with E-state index in [1.807, 2.05) is 0 Å². The van der Waals surface area contributed by atoms with Crippen molar-refractivity contribution >= 4 is 55.6 Å². The normalized spacial score (nSPS) is 14.9. The van der Waals surface area contributed by atoms with Crippen LogP contribution in [0.5, 0.6) is 0 Å². The Bertz CT molecular complexity index is 105. The van der Waals surface area contributed by atoms with Crippen LogP contribution in [-0.2, 0) is 4.79 Å². The first kappa shape index (κ1) is 17.7. The first-order valence-electron chi connectivity index (χ1n) is 2.20. The molecule has 2 nitrogen and oxygen atoms in total. The van der Waals surface area contributed by atoms with Gasteiger partial charge >= 0.3 is 37.7 Å². The molecule has 0 radical (unpaired) electrons. The van der Waals surface area contributed by atoms with Crippen molar-refractivity contribution in [2.24, 2.45) is 0 Å². The summed E-state index contributed by atoms with van der Waals surface area (Å²) in [6.45, 7) is 0. The van der Waals surface area contributed by atoms with Gasteiger partial charge in [0, 0.05) is 19.2 Å². The predicted octanol–water partition coefficient (Wildman–Crippen LogP) is -5.88. The van der Waals surface area contributed by atoms with Crippen molar-refractivity contribution < 1.29 is 29.6 Å². The van der Waals surface area contributed by atoms with E-state index in [2.05, 4.69) is 0 Å². The van der Waals surface area contributed by atoms with E-state index in [4.69, 9.17) is 0 Å². The molecule has 0 saturated carbocycles. The fourth-order valence-electron chi connectivity index (χ4n) is 0.499. The molecule has 56 valence electrons. The van der Waals surface area contributed by atoms with Crippen LogP contribution < -0.4 is 24.8 Å². The Morgan fingerprint density at radius 3 is 2.10 bits per heavy atom. The summed E-state index contributed by atoms with van der Waals surface area (Å²) in [6, 6.07) is 0. The van der Waals surface area contributed by atoms with Crippen LogP contribution >= 0.6 is 11.9 Å². The van der Waals surface area contributed by atoms with E-state index < -0.39 is 0 Å². The average Bonchev–Trinajstić information content (AvgIpc) is 1.91. The van der Waals surface area contributed by atoms with E-state index >= 15 is 0 Å². The minimum absolute atomic E-state index is 0. The third-order valence-electron chi connectivity index (χ3n) is 0.952. The van der Waals surface area contributed by atoms with Crippen LogP contribution in [0.1, 0.15) is 6.42 Å². The van der Waals surface area contributed by atoms with Gasteiger partial charge in [-0.1, -0.05) is 0 Å². The summed E-state index contributed by atoms with van der Waals surface area (Å²) < 4.78 is 1.68. The minimum atomic E-state index is 0. The first-order valence-corrected chi connectivity index (χ1v) is 3.14. The van der Waals surface area contributed by atoms with Crippen molar-refractivity contribution in [2.45, 2.75) is 6.42 Å². The second-order valence-corrected chi connectivity index (χ2v) is 2.69. The molecule has 1 rings (SSSR count). The van der Waals surface area contributed by atoms with Crippen molar-refractivity contribution in [3.8, 4) is 0 Å². The second kappa shape index (κ2) is 8.75. The molecule has 1 amide bonds. The Balaban J connectivity index is -0.000000163. The van der Waals surface area contributed by atoms with Crippen LogP contribution in [0.15, 0.2) is 0 Å². The van der Waals surface area contributed by atoms with Crippen molar-refractivity contribution in [2.75, 3.05) is 12.8 Å². The Morgan fingerprint density at radius 2 is 2.00 bits per heavy atom. The van der Waals surface area contributed by atoms with Gasteiger partial charge in [-0.05, 0) is 11.9 Å². The topological polar surface area (TPSA) is 20.3 Å². The van der Waals surface area contributed by atoms with Gasteiger partial charge in [-0.15, -0.1) is 0 Å². The van der Waals surface area contributed by atoms with Crippen LogP contribution in [0, 0.1) is 0 Å². The summed E-state index contributed by atoms with van der Waals surface area (Å²) in [5, 5.41) is 0. The van der Waals surface area contributed by atoms with Gasteiger partial charge < -0.3 is 24.8 Å². The number of amides is 1. The van der Waals surface area contributed by atoms with E-state index in [0.717, 1.165) is 12.2 Å². The Morgan fingerprint density at radius 1 is 1.50 bits per heavy atom. The molecule has 0 unspecified atom stereocenters. The standard InChI is InChI=1S/C4H7NOS.Ca.2ClH/c1-5-4(6)2-3-7-5;;;/h2-3H2,1H3;;2*1H/q;+2;;/p-2. The van der Waals surface area contributed by atoms with E-state index in [0.29, 0.717) is 0 Å². The minimum Gasteiger partial charge on any atom is -1.00 e. The maximum Gasteiger partial charge on any atom is 2.00 e. The van der Waals surface area contributed by atoms with E-state index in [1.165, 1.54) is 0 Å². The molecule has 1 fully saturated rings. The molecular formula is C4H7CaCl2NOS. The largest absolute Gasteiger partial charge is 2.00 e. The van der Waals surface area contributed by atoms with Gasteiger partial charge in [0.05, 0.1) is 0 Å². The maximum atomic E-state index is 10.5. The number of carbonyl (C=O) groups excluding carboxylic acids is 1. The molecule has 1 aliphatic rings. The molecule has 0 aromatic rings. The summed E-state index contributed by atoms with van der Waals surface area (Å²) in [6.07, 6.45) is 0.723. The number of rotatable bonds is 0. The zero-order valence-corrected chi connectivity index (χ0v) is 10.2. The van der Waals surface area contributed by atoms with Crippen LogP contribution in [0.25, 0.3) is 0 Å². The van der Waals surface area contributed by atoms with Crippen molar-refractivity contribution in [3.05, 3.63) is 0 Å².